The minimum absolute atomic E-state index is 0.836. The summed E-state index contributed by atoms with van der Waals surface area (Å²) in [6.07, 6.45) is 14.4. The first-order valence-corrected chi connectivity index (χ1v) is 8.85. The summed E-state index contributed by atoms with van der Waals surface area (Å²) < 4.78 is 0. The van der Waals surface area contributed by atoms with Crippen LogP contribution in [0.2, 0.25) is 0 Å². The van der Waals surface area contributed by atoms with Gasteiger partial charge in [-0.1, -0.05) is 50.5 Å². The third kappa shape index (κ3) is 3.97. The summed E-state index contributed by atoms with van der Waals surface area (Å²) in [7, 11) is 0. The maximum atomic E-state index is 2.56. The third-order valence-electron chi connectivity index (χ3n) is 5.45. The molecule has 1 heteroatoms. The average molecular weight is 275 g/mol. The Labute approximate surface area is 126 Å². The van der Waals surface area contributed by atoms with Crippen LogP contribution in [-0.4, -0.2) is 24.5 Å². The molecular weight excluding hydrogens is 242 g/mol. The zero-order valence-electron chi connectivity index (χ0n) is 13.8. The van der Waals surface area contributed by atoms with Gasteiger partial charge in [-0.25, -0.2) is 0 Å². The molecule has 0 bridgehead atoms. The molecular formula is C19H33N. The molecule has 0 heterocycles. The average Bonchev–Trinajstić information content (AvgIpc) is 2.64. The Kier molecular flexibility index (Phi) is 6.35. The summed E-state index contributed by atoms with van der Waals surface area (Å²) in [5.74, 6) is 1.72. The molecule has 20 heavy (non-hydrogen) atoms. The van der Waals surface area contributed by atoms with Crippen LogP contribution in [0.5, 0.6) is 0 Å². The fourth-order valence-corrected chi connectivity index (χ4v) is 4.07. The van der Waals surface area contributed by atoms with E-state index in [9.17, 15) is 0 Å². The Hall–Kier alpha value is -0.560. The van der Waals surface area contributed by atoms with Crippen LogP contribution in [0.25, 0.3) is 0 Å². The van der Waals surface area contributed by atoms with Gasteiger partial charge in [-0.05, 0) is 70.0 Å². The quantitative estimate of drug-likeness (QED) is 0.603. The van der Waals surface area contributed by atoms with E-state index in [1.165, 1.54) is 64.6 Å². The summed E-state index contributed by atoms with van der Waals surface area (Å²) in [6, 6.07) is 0. The van der Waals surface area contributed by atoms with Crippen molar-refractivity contribution in [1.82, 2.24) is 4.90 Å². The Morgan fingerprint density at radius 2 is 1.75 bits per heavy atom. The van der Waals surface area contributed by atoms with Crippen LogP contribution in [0.3, 0.4) is 0 Å². The Bertz CT molecular complexity index is 349. The highest BCUT2D eigenvalue weighted by molar-refractivity contribution is 5.28. The lowest BCUT2D eigenvalue weighted by molar-refractivity contribution is 0.288. The molecule has 0 saturated carbocycles. The van der Waals surface area contributed by atoms with E-state index >= 15 is 0 Å². The lowest BCUT2D eigenvalue weighted by Crippen LogP contribution is -2.24. The lowest BCUT2D eigenvalue weighted by atomic mass is 9.81. The SMILES string of the molecule is CCN(CC)CCCC1CCCC(C)C2=C1CC=CC2. The van der Waals surface area contributed by atoms with Gasteiger partial charge in [0.1, 0.15) is 0 Å². The van der Waals surface area contributed by atoms with Crippen LogP contribution >= 0.6 is 0 Å². The molecule has 0 amide bonds. The van der Waals surface area contributed by atoms with Gasteiger partial charge < -0.3 is 4.90 Å². The number of hydrogen-bond acceptors (Lipinski definition) is 1. The first-order valence-electron chi connectivity index (χ1n) is 8.85. The van der Waals surface area contributed by atoms with E-state index in [4.69, 9.17) is 0 Å². The summed E-state index contributed by atoms with van der Waals surface area (Å²) in [5, 5.41) is 0. The largest absolute Gasteiger partial charge is 0.304 e. The molecule has 0 aliphatic heterocycles. The minimum Gasteiger partial charge on any atom is -0.304 e. The van der Waals surface area contributed by atoms with Crippen LogP contribution in [0, 0.1) is 11.8 Å². The second-order valence-electron chi connectivity index (χ2n) is 6.63. The molecule has 2 unspecified atom stereocenters. The van der Waals surface area contributed by atoms with Gasteiger partial charge in [0.2, 0.25) is 0 Å². The summed E-state index contributed by atoms with van der Waals surface area (Å²) in [6.45, 7) is 10.7. The minimum atomic E-state index is 0.836. The Balaban J connectivity index is 1.93. The van der Waals surface area contributed by atoms with Crippen LogP contribution in [-0.2, 0) is 0 Å². The van der Waals surface area contributed by atoms with Gasteiger partial charge in [0.05, 0.1) is 0 Å². The van der Waals surface area contributed by atoms with Crippen molar-refractivity contribution in [3.05, 3.63) is 23.3 Å². The molecule has 0 saturated heterocycles. The fraction of sp³-hybridized carbons (Fsp3) is 0.789. The van der Waals surface area contributed by atoms with E-state index < -0.39 is 0 Å². The van der Waals surface area contributed by atoms with Gasteiger partial charge in [0.15, 0.2) is 0 Å². The highest BCUT2D eigenvalue weighted by atomic mass is 15.1. The van der Waals surface area contributed by atoms with Crippen LogP contribution < -0.4 is 0 Å². The number of nitrogens with zero attached hydrogens (tertiary/aromatic N) is 1. The Morgan fingerprint density at radius 3 is 2.45 bits per heavy atom. The van der Waals surface area contributed by atoms with E-state index in [0.717, 1.165) is 11.8 Å². The summed E-state index contributed by atoms with van der Waals surface area (Å²) in [4.78, 5) is 2.56. The second-order valence-corrected chi connectivity index (χ2v) is 6.63. The predicted molar refractivity (Wildman–Crippen MR) is 88.9 cm³/mol. The van der Waals surface area contributed by atoms with Crippen molar-refractivity contribution in [1.29, 1.82) is 0 Å². The van der Waals surface area contributed by atoms with E-state index in [1.54, 1.807) is 5.57 Å². The van der Waals surface area contributed by atoms with Gasteiger partial charge in [0, 0.05) is 0 Å². The van der Waals surface area contributed by atoms with Gasteiger partial charge in [0.25, 0.3) is 0 Å². The highest BCUT2D eigenvalue weighted by Crippen LogP contribution is 2.40. The van der Waals surface area contributed by atoms with Crippen molar-refractivity contribution in [3.8, 4) is 0 Å². The molecule has 2 aliphatic carbocycles. The predicted octanol–water partition coefficient (Wildman–Crippen LogP) is 5.19. The molecule has 0 spiro atoms. The van der Waals surface area contributed by atoms with Gasteiger partial charge in [-0.15, -0.1) is 0 Å². The summed E-state index contributed by atoms with van der Waals surface area (Å²) in [5.41, 5.74) is 3.63. The molecule has 0 fully saturated rings. The first-order chi connectivity index (χ1) is 9.76. The molecule has 2 atom stereocenters. The maximum absolute atomic E-state index is 2.56. The molecule has 0 N–H and O–H groups in total. The monoisotopic (exact) mass is 275 g/mol. The smallest absolute Gasteiger partial charge is 0.00188 e. The van der Waals surface area contributed by atoms with Crippen molar-refractivity contribution in [3.63, 3.8) is 0 Å². The molecule has 0 aromatic carbocycles. The van der Waals surface area contributed by atoms with Gasteiger partial charge in [-0.2, -0.15) is 0 Å². The molecule has 2 rings (SSSR count). The van der Waals surface area contributed by atoms with Crippen molar-refractivity contribution in [2.75, 3.05) is 19.6 Å². The number of allylic oxidation sites excluding steroid dienone is 4. The molecule has 1 nitrogen and oxygen atoms in total. The topological polar surface area (TPSA) is 3.24 Å². The van der Waals surface area contributed by atoms with Crippen LogP contribution in [0.4, 0.5) is 0 Å². The first kappa shape index (κ1) is 15.8. The van der Waals surface area contributed by atoms with Crippen molar-refractivity contribution < 1.29 is 0 Å². The fourth-order valence-electron chi connectivity index (χ4n) is 4.07. The number of rotatable bonds is 6. The van der Waals surface area contributed by atoms with Crippen LogP contribution in [0.15, 0.2) is 23.3 Å². The van der Waals surface area contributed by atoms with E-state index in [1.807, 2.05) is 5.57 Å². The molecule has 0 aromatic rings. The zero-order chi connectivity index (χ0) is 14.4. The standard InChI is InChI=1S/C19H33N/c1-4-20(5-2)15-9-12-17-11-8-10-16(3)18-13-6-7-14-19(17)18/h6-7,16-17H,4-5,8-15H2,1-3H3. The highest BCUT2D eigenvalue weighted by Gasteiger charge is 2.25. The van der Waals surface area contributed by atoms with E-state index in [-0.39, 0.29) is 0 Å². The van der Waals surface area contributed by atoms with E-state index in [2.05, 4.69) is 37.8 Å². The molecule has 0 radical (unpaired) electrons. The van der Waals surface area contributed by atoms with Crippen LogP contribution in [0.1, 0.15) is 65.7 Å². The Morgan fingerprint density at radius 1 is 1.05 bits per heavy atom. The lowest BCUT2D eigenvalue weighted by Gasteiger charge is -2.26. The van der Waals surface area contributed by atoms with Gasteiger partial charge in [-0.3, -0.25) is 0 Å². The second kappa shape index (κ2) is 8.02. The van der Waals surface area contributed by atoms with Crippen molar-refractivity contribution in [2.24, 2.45) is 11.8 Å². The number of hydrogen-bond donors (Lipinski definition) is 0. The normalized spacial score (nSPS) is 26.8. The summed E-state index contributed by atoms with van der Waals surface area (Å²) >= 11 is 0. The maximum Gasteiger partial charge on any atom is -0.00188 e. The van der Waals surface area contributed by atoms with Crippen molar-refractivity contribution in [2.45, 2.75) is 65.7 Å². The van der Waals surface area contributed by atoms with Gasteiger partial charge >= 0.3 is 0 Å². The molecule has 114 valence electrons. The zero-order valence-corrected chi connectivity index (χ0v) is 13.8. The van der Waals surface area contributed by atoms with E-state index in [0.29, 0.717) is 0 Å². The molecule has 2 aliphatic rings. The van der Waals surface area contributed by atoms with Crippen molar-refractivity contribution >= 4 is 0 Å². The third-order valence-corrected chi connectivity index (χ3v) is 5.45. The molecule has 0 aromatic heterocycles.